The van der Waals surface area contributed by atoms with Crippen molar-refractivity contribution in [3.63, 3.8) is 0 Å². The van der Waals surface area contributed by atoms with E-state index in [1.54, 1.807) is 13.0 Å². The molecule has 0 saturated heterocycles. The zero-order valence-electron chi connectivity index (χ0n) is 19.0. The average molecular weight is 400 g/mol. The standard InChI is InChI=1S/C25H37NO3/c1-8-20(25(6,7)19-15-10-9-11-16-19)22(27)26-21(24(3,4)5)17-13-12-14-18(2)23(28)29/h9-11,13-17,20-21H,8,12H2,1-7H3,(H,26,27)(H,28,29)/b17-13+,18-14+/t20?,21-/m1/s1. The number of nitrogens with one attached hydrogen (secondary N) is 1. The molecule has 1 rings (SSSR count). The number of carboxylic acid groups (broad SMARTS) is 1. The van der Waals surface area contributed by atoms with Crippen LogP contribution in [0.15, 0.2) is 54.1 Å². The van der Waals surface area contributed by atoms with Gasteiger partial charge in [0.25, 0.3) is 0 Å². The van der Waals surface area contributed by atoms with E-state index < -0.39 is 5.97 Å². The van der Waals surface area contributed by atoms with E-state index in [4.69, 9.17) is 5.11 Å². The Balaban J connectivity index is 2.99. The fourth-order valence-corrected chi connectivity index (χ4v) is 3.45. The van der Waals surface area contributed by atoms with Crippen molar-refractivity contribution < 1.29 is 14.7 Å². The third kappa shape index (κ3) is 7.19. The summed E-state index contributed by atoms with van der Waals surface area (Å²) in [5, 5.41) is 12.2. The molecule has 1 aromatic rings. The van der Waals surface area contributed by atoms with Gasteiger partial charge in [0.2, 0.25) is 5.91 Å². The van der Waals surface area contributed by atoms with Gasteiger partial charge in [0, 0.05) is 16.9 Å². The maximum absolute atomic E-state index is 13.2. The van der Waals surface area contributed by atoms with Gasteiger partial charge in [0.15, 0.2) is 0 Å². The zero-order chi connectivity index (χ0) is 22.2. The first kappa shape index (κ1) is 24.7. The second kappa shape index (κ2) is 10.4. The van der Waals surface area contributed by atoms with E-state index in [1.807, 2.05) is 30.4 Å². The van der Waals surface area contributed by atoms with Gasteiger partial charge in [-0.1, -0.05) is 90.1 Å². The first-order valence-electron chi connectivity index (χ1n) is 10.3. The fourth-order valence-electron chi connectivity index (χ4n) is 3.45. The highest BCUT2D eigenvalue weighted by molar-refractivity contribution is 5.85. The molecule has 0 spiro atoms. The first-order valence-corrected chi connectivity index (χ1v) is 10.3. The Bertz CT molecular complexity index is 739. The molecule has 0 fully saturated rings. The quantitative estimate of drug-likeness (QED) is 0.426. The minimum absolute atomic E-state index is 0.0446. The van der Waals surface area contributed by atoms with Crippen LogP contribution in [0.4, 0.5) is 0 Å². The van der Waals surface area contributed by atoms with Gasteiger partial charge in [-0.3, -0.25) is 4.79 Å². The van der Waals surface area contributed by atoms with Crippen LogP contribution in [0, 0.1) is 11.3 Å². The SMILES string of the molecule is CCC(C(=O)N[C@H](/C=C/C/C=C(\C)C(=O)O)C(C)(C)C)C(C)(C)c1ccccc1. The lowest BCUT2D eigenvalue weighted by molar-refractivity contribution is -0.132. The first-order chi connectivity index (χ1) is 13.4. The molecule has 4 nitrogen and oxygen atoms in total. The number of rotatable bonds is 9. The van der Waals surface area contributed by atoms with Gasteiger partial charge in [-0.2, -0.15) is 0 Å². The molecule has 0 bridgehead atoms. The van der Waals surface area contributed by atoms with Gasteiger partial charge in [-0.15, -0.1) is 0 Å². The van der Waals surface area contributed by atoms with Gasteiger partial charge in [0.1, 0.15) is 0 Å². The number of carboxylic acids is 1. The van der Waals surface area contributed by atoms with Crippen LogP contribution in [-0.2, 0) is 15.0 Å². The summed E-state index contributed by atoms with van der Waals surface area (Å²) in [4.78, 5) is 24.1. The maximum Gasteiger partial charge on any atom is 0.330 e. The minimum atomic E-state index is -0.909. The largest absolute Gasteiger partial charge is 0.478 e. The molecule has 160 valence electrons. The van der Waals surface area contributed by atoms with Crippen LogP contribution in [0.2, 0.25) is 0 Å². The van der Waals surface area contributed by atoms with Crippen molar-refractivity contribution in [2.24, 2.45) is 11.3 Å². The van der Waals surface area contributed by atoms with Crippen LogP contribution >= 0.6 is 0 Å². The Hall–Kier alpha value is -2.36. The molecule has 0 aliphatic heterocycles. The van der Waals surface area contributed by atoms with Gasteiger partial charge < -0.3 is 10.4 Å². The predicted molar refractivity (Wildman–Crippen MR) is 120 cm³/mol. The number of carbonyl (C=O) groups is 2. The van der Waals surface area contributed by atoms with Crippen molar-refractivity contribution in [3.8, 4) is 0 Å². The summed E-state index contributed by atoms with van der Waals surface area (Å²) in [6.45, 7) is 14.1. The normalized spacial score (nSPS) is 15.2. The summed E-state index contributed by atoms with van der Waals surface area (Å²) in [5.74, 6) is -1.02. The van der Waals surface area contributed by atoms with Crippen molar-refractivity contribution in [2.45, 2.75) is 72.8 Å². The Labute approximate surface area is 176 Å². The van der Waals surface area contributed by atoms with Crippen molar-refractivity contribution in [2.75, 3.05) is 0 Å². The van der Waals surface area contributed by atoms with Gasteiger partial charge in [-0.25, -0.2) is 4.79 Å². The summed E-state index contributed by atoms with van der Waals surface area (Å²) >= 11 is 0. The van der Waals surface area contributed by atoms with Crippen LogP contribution in [-0.4, -0.2) is 23.0 Å². The maximum atomic E-state index is 13.2. The summed E-state index contributed by atoms with van der Waals surface area (Å²) in [7, 11) is 0. The topological polar surface area (TPSA) is 66.4 Å². The predicted octanol–water partition coefficient (Wildman–Crippen LogP) is 5.50. The van der Waals surface area contributed by atoms with E-state index in [2.05, 4.69) is 59.0 Å². The number of hydrogen-bond donors (Lipinski definition) is 2. The van der Waals surface area contributed by atoms with E-state index in [9.17, 15) is 9.59 Å². The highest BCUT2D eigenvalue weighted by Gasteiger charge is 2.37. The Kier molecular flexibility index (Phi) is 8.87. The molecular formula is C25H37NO3. The lowest BCUT2D eigenvalue weighted by Gasteiger charge is -2.36. The molecule has 0 saturated carbocycles. The van der Waals surface area contributed by atoms with Crippen LogP contribution in [0.5, 0.6) is 0 Å². The lowest BCUT2D eigenvalue weighted by atomic mass is 9.71. The van der Waals surface area contributed by atoms with Gasteiger partial charge >= 0.3 is 5.97 Å². The molecule has 1 unspecified atom stereocenters. The van der Waals surface area contributed by atoms with Crippen molar-refractivity contribution in [3.05, 3.63) is 59.7 Å². The highest BCUT2D eigenvalue weighted by atomic mass is 16.4. The fraction of sp³-hybridized carbons (Fsp3) is 0.520. The number of allylic oxidation sites excluding steroid dienone is 2. The van der Waals surface area contributed by atoms with E-state index in [0.717, 1.165) is 12.0 Å². The molecule has 1 aromatic carbocycles. The van der Waals surface area contributed by atoms with Crippen LogP contribution in [0.25, 0.3) is 0 Å². The van der Waals surface area contributed by atoms with Gasteiger partial charge in [-0.05, 0) is 30.7 Å². The van der Waals surface area contributed by atoms with E-state index in [1.165, 1.54) is 0 Å². The molecular weight excluding hydrogens is 362 g/mol. The zero-order valence-corrected chi connectivity index (χ0v) is 19.0. The Morgan fingerprint density at radius 2 is 1.69 bits per heavy atom. The molecule has 4 heteroatoms. The summed E-state index contributed by atoms with van der Waals surface area (Å²) in [6.07, 6.45) is 6.84. The molecule has 1 amide bonds. The highest BCUT2D eigenvalue weighted by Crippen LogP contribution is 2.34. The molecule has 0 heterocycles. The number of hydrogen-bond acceptors (Lipinski definition) is 2. The third-order valence-electron chi connectivity index (χ3n) is 5.57. The molecule has 0 aliphatic carbocycles. The molecule has 0 aromatic heterocycles. The van der Waals surface area contributed by atoms with Gasteiger partial charge in [0.05, 0.1) is 6.04 Å². The van der Waals surface area contributed by atoms with Crippen molar-refractivity contribution in [1.82, 2.24) is 5.32 Å². The van der Waals surface area contributed by atoms with Crippen LogP contribution < -0.4 is 5.32 Å². The van der Waals surface area contributed by atoms with Crippen molar-refractivity contribution >= 4 is 11.9 Å². The Morgan fingerprint density at radius 3 is 2.17 bits per heavy atom. The van der Waals surface area contributed by atoms with E-state index >= 15 is 0 Å². The van der Waals surface area contributed by atoms with Crippen LogP contribution in [0.3, 0.4) is 0 Å². The summed E-state index contributed by atoms with van der Waals surface area (Å²) < 4.78 is 0. The summed E-state index contributed by atoms with van der Waals surface area (Å²) in [5.41, 5.74) is 1.03. The summed E-state index contributed by atoms with van der Waals surface area (Å²) in [6, 6.07) is 10.0. The smallest absolute Gasteiger partial charge is 0.330 e. The number of amides is 1. The third-order valence-corrected chi connectivity index (χ3v) is 5.57. The average Bonchev–Trinajstić information content (AvgIpc) is 2.64. The van der Waals surface area contributed by atoms with Crippen molar-refractivity contribution in [1.29, 1.82) is 0 Å². The number of aliphatic carboxylic acids is 1. The second-order valence-electron chi connectivity index (χ2n) is 9.26. The molecule has 2 N–H and O–H groups in total. The van der Waals surface area contributed by atoms with E-state index in [-0.39, 0.29) is 28.7 Å². The minimum Gasteiger partial charge on any atom is -0.478 e. The lowest BCUT2D eigenvalue weighted by Crippen LogP contribution is -2.48. The molecule has 0 radical (unpaired) electrons. The molecule has 2 atom stereocenters. The number of benzene rings is 1. The number of carbonyl (C=O) groups excluding carboxylic acids is 1. The molecule has 29 heavy (non-hydrogen) atoms. The van der Waals surface area contributed by atoms with E-state index in [0.29, 0.717) is 12.0 Å². The second-order valence-corrected chi connectivity index (χ2v) is 9.26. The monoisotopic (exact) mass is 399 g/mol. The molecule has 0 aliphatic rings. The van der Waals surface area contributed by atoms with Crippen LogP contribution in [0.1, 0.15) is 66.9 Å². The Morgan fingerprint density at radius 1 is 1.10 bits per heavy atom.